The van der Waals surface area contributed by atoms with Gasteiger partial charge in [0, 0.05) is 24.3 Å². The van der Waals surface area contributed by atoms with E-state index in [-0.39, 0.29) is 38.3 Å². The first-order chi connectivity index (χ1) is 17.0. The van der Waals surface area contributed by atoms with Crippen molar-refractivity contribution < 1.29 is 27.2 Å². The molecule has 0 aliphatic heterocycles. The highest BCUT2D eigenvalue weighted by molar-refractivity contribution is 7.87. The molecule has 1 amide bonds. The third-order valence-corrected chi connectivity index (χ3v) is 6.10. The quantitative estimate of drug-likeness (QED) is 0.145. The SMILES string of the molecule is N#C/C(=C\c1ccc(OS(=O)(=O)c2ccc([N+](=O)[O-])cc2)cc1)C(=O)Nc1cc([N+](=O)[O-])ccc1Cl. The van der Waals surface area contributed by atoms with Crippen LogP contribution < -0.4 is 9.50 Å². The Morgan fingerprint density at radius 3 is 2.11 bits per heavy atom. The first kappa shape index (κ1) is 25.8. The molecule has 182 valence electrons. The predicted octanol–water partition coefficient (Wildman–Crippen LogP) is 4.47. The van der Waals surface area contributed by atoms with E-state index >= 15 is 0 Å². The van der Waals surface area contributed by atoms with E-state index in [1.54, 1.807) is 6.07 Å². The molecular formula is C22H13ClN4O8S. The normalized spacial score (nSPS) is 11.3. The van der Waals surface area contributed by atoms with E-state index in [9.17, 15) is 38.7 Å². The van der Waals surface area contributed by atoms with Gasteiger partial charge in [0.05, 0.1) is 20.6 Å². The summed E-state index contributed by atoms with van der Waals surface area (Å²) in [7, 11) is -4.27. The maximum Gasteiger partial charge on any atom is 0.339 e. The predicted molar refractivity (Wildman–Crippen MR) is 128 cm³/mol. The van der Waals surface area contributed by atoms with Crippen molar-refractivity contribution in [2.45, 2.75) is 4.90 Å². The van der Waals surface area contributed by atoms with Gasteiger partial charge in [-0.05, 0) is 42.0 Å². The number of hydrogen-bond acceptors (Lipinski definition) is 9. The second-order valence-corrected chi connectivity index (χ2v) is 8.86. The monoisotopic (exact) mass is 528 g/mol. The van der Waals surface area contributed by atoms with Crippen molar-refractivity contribution in [3.05, 3.63) is 103 Å². The largest absolute Gasteiger partial charge is 0.379 e. The summed E-state index contributed by atoms with van der Waals surface area (Å²) in [6, 6.07) is 14.6. The van der Waals surface area contributed by atoms with Crippen LogP contribution in [0.4, 0.5) is 17.1 Å². The summed E-state index contributed by atoms with van der Waals surface area (Å²) in [5, 5.41) is 33.4. The fourth-order valence-corrected chi connectivity index (χ4v) is 3.85. The Kier molecular flexibility index (Phi) is 7.63. The number of nitro benzene ring substituents is 2. The topological polar surface area (TPSA) is 183 Å². The summed E-state index contributed by atoms with van der Waals surface area (Å²) in [5.74, 6) is -0.960. The minimum absolute atomic E-state index is 0.0296. The molecule has 3 aromatic rings. The molecule has 0 unspecified atom stereocenters. The van der Waals surface area contributed by atoms with Gasteiger partial charge in [0.1, 0.15) is 22.3 Å². The summed E-state index contributed by atoms with van der Waals surface area (Å²) < 4.78 is 29.8. The van der Waals surface area contributed by atoms with Gasteiger partial charge in [-0.15, -0.1) is 0 Å². The van der Waals surface area contributed by atoms with E-state index in [0.29, 0.717) is 5.56 Å². The Morgan fingerprint density at radius 2 is 1.56 bits per heavy atom. The Balaban J connectivity index is 1.75. The molecule has 36 heavy (non-hydrogen) atoms. The van der Waals surface area contributed by atoms with Crippen LogP contribution in [0.15, 0.2) is 77.2 Å². The zero-order chi connectivity index (χ0) is 26.5. The Morgan fingerprint density at radius 1 is 0.972 bits per heavy atom. The molecule has 0 saturated heterocycles. The van der Waals surface area contributed by atoms with Gasteiger partial charge in [-0.1, -0.05) is 23.7 Å². The molecule has 0 atom stereocenters. The van der Waals surface area contributed by atoms with E-state index in [1.165, 1.54) is 36.4 Å². The van der Waals surface area contributed by atoms with Crippen molar-refractivity contribution in [1.82, 2.24) is 0 Å². The van der Waals surface area contributed by atoms with Gasteiger partial charge < -0.3 is 9.50 Å². The summed E-state index contributed by atoms with van der Waals surface area (Å²) in [4.78, 5) is 32.5. The molecule has 1 N–H and O–H groups in total. The van der Waals surface area contributed by atoms with Crippen LogP contribution in [-0.2, 0) is 14.9 Å². The highest BCUT2D eigenvalue weighted by Crippen LogP contribution is 2.27. The van der Waals surface area contributed by atoms with E-state index in [1.807, 2.05) is 0 Å². The van der Waals surface area contributed by atoms with E-state index < -0.39 is 25.9 Å². The van der Waals surface area contributed by atoms with Crippen LogP contribution in [-0.4, -0.2) is 24.2 Å². The van der Waals surface area contributed by atoms with Crippen LogP contribution in [0.3, 0.4) is 0 Å². The molecule has 0 radical (unpaired) electrons. The number of nitro groups is 2. The fourth-order valence-electron chi connectivity index (χ4n) is 2.76. The number of halogens is 1. The molecule has 12 nitrogen and oxygen atoms in total. The van der Waals surface area contributed by atoms with Gasteiger partial charge in [0.15, 0.2) is 0 Å². The molecule has 0 fully saturated rings. The number of nitrogens with one attached hydrogen (secondary N) is 1. The number of amides is 1. The average molecular weight is 529 g/mol. The maximum absolute atomic E-state index is 12.5. The second kappa shape index (κ2) is 10.6. The molecule has 0 aliphatic carbocycles. The third kappa shape index (κ3) is 6.20. The lowest BCUT2D eigenvalue weighted by atomic mass is 10.1. The fraction of sp³-hybridized carbons (Fsp3) is 0. The summed E-state index contributed by atoms with van der Waals surface area (Å²) >= 11 is 5.96. The van der Waals surface area contributed by atoms with E-state index in [4.69, 9.17) is 15.8 Å². The molecule has 0 aromatic heterocycles. The highest BCUT2D eigenvalue weighted by atomic mass is 35.5. The van der Waals surface area contributed by atoms with Crippen molar-refractivity contribution in [2.75, 3.05) is 5.32 Å². The number of non-ortho nitro benzene ring substituents is 2. The number of carbonyl (C=O) groups is 1. The van der Waals surface area contributed by atoms with Crippen LogP contribution in [0.5, 0.6) is 5.75 Å². The number of nitriles is 1. The number of carbonyl (C=O) groups excluding carboxylic acids is 1. The van der Waals surface area contributed by atoms with Crippen LogP contribution in [0, 0.1) is 31.6 Å². The van der Waals surface area contributed by atoms with Gasteiger partial charge in [-0.2, -0.15) is 13.7 Å². The van der Waals surface area contributed by atoms with Gasteiger partial charge in [0.25, 0.3) is 17.3 Å². The molecule has 0 saturated carbocycles. The Labute approximate surface area is 208 Å². The zero-order valence-corrected chi connectivity index (χ0v) is 19.4. The van der Waals surface area contributed by atoms with Crippen molar-refractivity contribution in [3.63, 3.8) is 0 Å². The average Bonchev–Trinajstić information content (AvgIpc) is 2.84. The van der Waals surface area contributed by atoms with Gasteiger partial charge >= 0.3 is 10.1 Å². The molecule has 0 aliphatic rings. The van der Waals surface area contributed by atoms with Crippen LogP contribution >= 0.6 is 11.6 Å². The minimum Gasteiger partial charge on any atom is -0.379 e. The number of benzene rings is 3. The zero-order valence-electron chi connectivity index (χ0n) is 17.8. The van der Waals surface area contributed by atoms with Crippen LogP contribution in [0.25, 0.3) is 6.08 Å². The second-order valence-electron chi connectivity index (χ2n) is 6.90. The first-order valence-electron chi connectivity index (χ1n) is 9.66. The Hall–Kier alpha value is -4.80. The number of nitrogens with zero attached hydrogens (tertiary/aromatic N) is 3. The molecular weight excluding hydrogens is 516 g/mol. The van der Waals surface area contributed by atoms with Gasteiger partial charge in [0.2, 0.25) is 0 Å². The highest BCUT2D eigenvalue weighted by Gasteiger charge is 2.19. The maximum atomic E-state index is 12.5. The lowest BCUT2D eigenvalue weighted by Crippen LogP contribution is -2.14. The lowest BCUT2D eigenvalue weighted by molar-refractivity contribution is -0.385. The minimum atomic E-state index is -4.27. The van der Waals surface area contributed by atoms with Gasteiger partial charge in [-0.3, -0.25) is 25.0 Å². The van der Waals surface area contributed by atoms with Crippen LogP contribution in [0.2, 0.25) is 5.02 Å². The smallest absolute Gasteiger partial charge is 0.339 e. The van der Waals surface area contributed by atoms with Crippen molar-refractivity contribution in [3.8, 4) is 11.8 Å². The third-order valence-electron chi connectivity index (χ3n) is 4.51. The summed E-state index contributed by atoms with van der Waals surface area (Å²) in [6.07, 6.45) is 1.20. The number of rotatable bonds is 8. The lowest BCUT2D eigenvalue weighted by Gasteiger charge is -2.08. The standard InChI is InChI=1S/C22H13ClN4O8S/c23-20-10-5-17(27(31)32)12-21(20)25-22(28)15(13-24)11-14-1-6-18(7-2-14)35-36(33,34)19-8-3-16(4-9-19)26(29)30/h1-12H,(H,25,28)/b15-11+. The molecule has 0 bridgehead atoms. The molecule has 14 heteroatoms. The number of anilines is 1. The number of hydrogen-bond donors (Lipinski definition) is 1. The molecule has 3 rings (SSSR count). The molecule has 3 aromatic carbocycles. The first-order valence-corrected chi connectivity index (χ1v) is 11.4. The summed E-state index contributed by atoms with van der Waals surface area (Å²) in [5.41, 5.74) is -0.666. The van der Waals surface area contributed by atoms with Crippen LogP contribution in [0.1, 0.15) is 5.56 Å². The van der Waals surface area contributed by atoms with Crippen molar-refractivity contribution >= 4 is 50.8 Å². The summed E-state index contributed by atoms with van der Waals surface area (Å²) in [6.45, 7) is 0. The van der Waals surface area contributed by atoms with Crippen molar-refractivity contribution in [1.29, 1.82) is 5.26 Å². The molecule has 0 heterocycles. The van der Waals surface area contributed by atoms with Crippen molar-refractivity contribution in [2.24, 2.45) is 0 Å². The van der Waals surface area contributed by atoms with E-state index in [0.717, 1.165) is 36.4 Å². The van der Waals surface area contributed by atoms with E-state index in [2.05, 4.69) is 5.32 Å². The van der Waals surface area contributed by atoms with Gasteiger partial charge in [-0.25, -0.2) is 0 Å². The molecule has 0 spiro atoms. The Bertz CT molecular complexity index is 1530.